The summed E-state index contributed by atoms with van der Waals surface area (Å²) in [5.41, 5.74) is 0. The van der Waals surface area contributed by atoms with Gasteiger partial charge in [-0.3, -0.25) is 0 Å². The maximum absolute atomic E-state index is 13.7. The van der Waals surface area contributed by atoms with Crippen molar-refractivity contribution in [2.24, 2.45) is 5.92 Å². The summed E-state index contributed by atoms with van der Waals surface area (Å²) in [5.74, 6) is -0.619. The van der Waals surface area contributed by atoms with Gasteiger partial charge in [0.05, 0.1) is 23.7 Å². The Hall–Kier alpha value is -1.25. The number of unbranched alkanes of at least 4 members (excludes halogenated alkanes) is 1. The van der Waals surface area contributed by atoms with Crippen LogP contribution in [0.25, 0.3) is 0 Å². The average Bonchev–Trinajstić information content (AvgIpc) is 3.04. The van der Waals surface area contributed by atoms with Crippen LogP contribution >= 0.6 is 0 Å². The Morgan fingerprint density at radius 3 is 2.68 bits per heavy atom. The van der Waals surface area contributed by atoms with E-state index in [1.807, 2.05) is 13.0 Å². The summed E-state index contributed by atoms with van der Waals surface area (Å²) in [7, 11) is -2.30. The lowest BCUT2D eigenvalue weighted by atomic mass is 9.87. The van der Waals surface area contributed by atoms with Gasteiger partial charge >= 0.3 is 0 Å². The van der Waals surface area contributed by atoms with Gasteiger partial charge in [-0.2, -0.15) is 0 Å². The summed E-state index contributed by atoms with van der Waals surface area (Å²) in [4.78, 5) is 0.207. The van der Waals surface area contributed by atoms with Gasteiger partial charge in [0.15, 0.2) is 9.84 Å². The highest BCUT2D eigenvalue weighted by Gasteiger charge is 2.56. The second-order valence-corrected chi connectivity index (χ2v) is 9.57. The molecule has 4 atom stereocenters. The monoisotopic (exact) mass is 412 g/mol. The number of benzene rings is 1. The van der Waals surface area contributed by atoms with Crippen LogP contribution in [0.3, 0.4) is 0 Å². The largest absolute Gasteiger partial charge is 0.393 e. The molecule has 0 aromatic heterocycles. The molecule has 158 valence electrons. The molecule has 0 aliphatic heterocycles. The molecule has 2 N–H and O–H groups in total. The minimum atomic E-state index is -3.82. The number of hydrogen-bond acceptors (Lipinski definition) is 6. The number of aliphatic hydroxyl groups is 2. The normalized spacial score (nSPS) is 26.7. The van der Waals surface area contributed by atoms with Crippen LogP contribution in [0.15, 0.2) is 47.4 Å². The molecule has 1 aliphatic rings. The van der Waals surface area contributed by atoms with Crippen molar-refractivity contribution < 1.29 is 28.1 Å². The van der Waals surface area contributed by atoms with E-state index in [2.05, 4.69) is 0 Å². The zero-order valence-electron chi connectivity index (χ0n) is 16.7. The number of ether oxygens (including phenoxy) is 2. The molecule has 6 nitrogen and oxygen atoms in total. The van der Waals surface area contributed by atoms with E-state index in [1.54, 1.807) is 36.4 Å². The molecule has 0 bridgehead atoms. The van der Waals surface area contributed by atoms with Crippen LogP contribution < -0.4 is 0 Å². The zero-order valence-corrected chi connectivity index (χ0v) is 17.5. The zero-order chi connectivity index (χ0) is 20.6. The summed E-state index contributed by atoms with van der Waals surface area (Å²) >= 11 is 0. The summed E-state index contributed by atoms with van der Waals surface area (Å²) < 4.78 is 36.1. The van der Waals surface area contributed by atoms with Crippen molar-refractivity contribution in [2.75, 3.05) is 20.5 Å². The second-order valence-electron chi connectivity index (χ2n) is 7.33. The lowest BCUT2D eigenvalue weighted by molar-refractivity contribution is -0.0451. The predicted molar refractivity (Wildman–Crippen MR) is 108 cm³/mol. The fourth-order valence-corrected chi connectivity index (χ4v) is 6.28. The fourth-order valence-electron chi connectivity index (χ4n) is 3.98. The van der Waals surface area contributed by atoms with E-state index in [1.165, 1.54) is 7.11 Å². The molecule has 0 saturated heterocycles. The highest BCUT2D eigenvalue weighted by Crippen LogP contribution is 2.48. The Labute approximate surface area is 168 Å². The quantitative estimate of drug-likeness (QED) is 0.330. The molecule has 7 heteroatoms. The van der Waals surface area contributed by atoms with Crippen molar-refractivity contribution in [3.05, 3.63) is 42.5 Å². The van der Waals surface area contributed by atoms with Crippen LogP contribution in [0.1, 0.15) is 39.0 Å². The first-order valence-corrected chi connectivity index (χ1v) is 11.3. The van der Waals surface area contributed by atoms with Crippen molar-refractivity contribution in [1.82, 2.24) is 0 Å². The smallest absolute Gasteiger partial charge is 0.188 e. The summed E-state index contributed by atoms with van der Waals surface area (Å²) in [6.45, 7) is 2.39. The summed E-state index contributed by atoms with van der Waals surface area (Å²) in [6.07, 6.45) is 4.06. The Morgan fingerprint density at radius 2 is 2.04 bits per heavy atom. The third-order valence-corrected chi connectivity index (χ3v) is 7.84. The van der Waals surface area contributed by atoms with Gasteiger partial charge in [0.25, 0.3) is 0 Å². The van der Waals surface area contributed by atoms with Gasteiger partial charge in [0, 0.05) is 13.0 Å². The minimum Gasteiger partial charge on any atom is -0.393 e. The molecular formula is C21H32O6S. The van der Waals surface area contributed by atoms with Crippen LogP contribution in [-0.4, -0.2) is 56.1 Å². The molecular weight excluding hydrogens is 380 g/mol. The Bertz CT molecular complexity index is 718. The van der Waals surface area contributed by atoms with Crippen LogP contribution in [0, 0.1) is 5.92 Å². The molecule has 2 rings (SSSR count). The highest BCUT2D eigenvalue weighted by atomic mass is 32.2. The van der Waals surface area contributed by atoms with Crippen molar-refractivity contribution in [1.29, 1.82) is 0 Å². The van der Waals surface area contributed by atoms with E-state index in [0.29, 0.717) is 0 Å². The predicted octanol–water partition coefficient (Wildman–Crippen LogP) is 2.70. The lowest BCUT2D eigenvalue weighted by Crippen LogP contribution is -2.45. The summed E-state index contributed by atoms with van der Waals surface area (Å²) in [6, 6.07) is 8.28. The van der Waals surface area contributed by atoms with Gasteiger partial charge in [-0.1, -0.05) is 43.7 Å². The molecule has 1 saturated carbocycles. The highest BCUT2D eigenvalue weighted by molar-refractivity contribution is 7.93. The Balaban J connectivity index is 2.41. The number of rotatable bonds is 11. The summed E-state index contributed by atoms with van der Waals surface area (Å²) in [5, 5.41) is 21.2. The maximum Gasteiger partial charge on any atom is 0.188 e. The van der Waals surface area contributed by atoms with Gasteiger partial charge in [0.2, 0.25) is 0 Å². The van der Waals surface area contributed by atoms with Crippen LogP contribution in [0.5, 0.6) is 0 Å². The standard InChI is InChI=1S/C21H32O6S/c1-3-4-8-12-21(28(24,25)18-9-6-5-7-10-18)15-17(22)14-19(21)20(23)11-13-27-16-26-2/h5-10,12,17,19-20,22-23H,3-4,11,13-16H2,1-2H3/b12-8+/t17-,19-,20-,21?/m1/s1. The third-order valence-electron chi connectivity index (χ3n) is 5.34. The molecule has 1 unspecified atom stereocenters. The number of sulfone groups is 1. The van der Waals surface area contributed by atoms with E-state index in [4.69, 9.17) is 9.47 Å². The van der Waals surface area contributed by atoms with Gasteiger partial charge < -0.3 is 19.7 Å². The van der Waals surface area contributed by atoms with E-state index >= 15 is 0 Å². The number of hydrogen-bond donors (Lipinski definition) is 2. The SMILES string of the molecule is CCC/C=C/C1(S(=O)(=O)c2ccccc2)C[C@H](O)C[C@@H]1[C@H](O)CCOCOC. The first-order chi connectivity index (χ1) is 13.4. The fraction of sp³-hybridized carbons (Fsp3) is 0.619. The number of aliphatic hydroxyl groups excluding tert-OH is 2. The van der Waals surface area contributed by atoms with Gasteiger partial charge in [0.1, 0.15) is 11.5 Å². The van der Waals surface area contributed by atoms with Gasteiger partial charge in [-0.25, -0.2) is 8.42 Å². The number of methoxy groups -OCH3 is 1. The topological polar surface area (TPSA) is 93.1 Å². The molecule has 28 heavy (non-hydrogen) atoms. The van der Waals surface area contributed by atoms with Crippen LogP contribution in [0.2, 0.25) is 0 Å². The number of allylic oxidation sites excluding steroid dienone is 1. The molecule has 1 aromatic rings. The second kappa shape index (κ2) is 10.5. The van der Waals surface area contributed by atoms with Crippen molar-refractivity contribution in [2.45, 2.75) is 60.9 Å². The lowest BCUT2D eigenvalue weighted by Gasteiger charge is -2.35. The Morgan fingerprint density at radius 1 is 1.32 bits per heavy atom. The minimum absolute atomic E-state index is 0.0745. The molecule has 0 heterocycles. The van der Waals surface area contributed by atoms with E-state index in [0.717, 1.165) is 12.8 Å². The molecule has 1 fully saturated rings. The first-order valence-electron chi connectivity index (χ1n) is 9.79. The van der Waals surface area contributed by atoms with Crippen LogP contribution in [0.4, 0.5) is 0 Å². The molecule has 1 aromatic carbocycles. The van der Waals surface area contributed by atoms with Crippen LogP contribution in [-0.2, 0) is 19.3 Å². The van der Waals surface area contributed by atoms with E-state index in [9.17, 15) is 18.6 Å². The van der Waals surface area contributed by atoms with Gasteiger partial charge in [-0.15, -0.1) is 0 Å². The third kappa shape index (κ3) is 5.02. The average molecular weight is 413 g/mol. The Kier molecular flexibility index (Phi) is 8.64. The van der Waals surface area contributed by atoms with Crippen molar-refractivity contribution >= 4 is 9.84 Å². The van der Waals surface area contributed by atoms with E-state index in [-0.39, 0.29) is 37.6 Å². The molecule has 0 spiro atoms. The maximum atomic E-state index is 13.7. The van der Waals surface area contributed by atoms with Crippen molar-refractivity contribution in [3.63, 3.8) is 0 Å². The molecule has 0 radical (unpaired) electrons. The van der Waals surface area contributed by atoms with E-state index < -0.39 is 32.7 Å². The molecule has 1 aliphatic carbocycles. The van der Waals surface area contributed by atoms with Gasteiger partial charge in [-0.05, 0) is 37.8 Å². The first kappa shape index (κ1) is 23.0. The molecule has 0 amide bonds. The van der Waals surface area contributed by atoms with Crippen molar-refractivity contribution in [3.8, 4) is 0 Å².